The second-order valence-electron chi connectivity index (χ2n) is 6.26. The quantitative estimate of drug-likeness (QED) is 0.619. The third kappa shape index (κ3) is 5.98. The molecular formula is C19H23N3O5S. The lowest BCUT2D eigenvalue weighted by molar-refractivity contribution is -0.120. The van der Waals surface area contributed by atoms with Gasteiger partial charge in [-0.25, -0.2) is 8.42 Å². The minimum atomic E-state index is -3.80. The molecule has 2 aromatic rings. The molecule has 0 aliphatic heterocycles. The van der Waals surface area contributed by atoms with E-state index in [4.69, 9.17) is 4.74 Å². The highest BCUT2D eigenvalue weighted by Gasteiger charge is 2.16. The van der Waals surface area contributed by atoms with Crippen molar-refractivity contribution in [3.63, 3.8) is 0 Å². The van der Waals surface area contributed by atoms with Gasteiger partial charge in [0.2, 0.25) is 5.91 Å². The Kier molecular flexibility index (Phi) is 7.00. The molecule has 0 atom stereocenters. The molecule has 0 aliphatic rings. The van der Waals surface area contributed by atoms with Gasteiger partial charge in [-0.2, -0.15) is 0 Å². The summed E-state index contributed by atoms with van der Waals surface area (Å²) in [6.45, 7) is 3.48. The Morgan fingerprint density at radius 3 is 2.14 bits per heavy atom. The topological polar surface area (TPSA) is 114 Å². The molecule has 0 radical (unpaired) electrons. The minimum Gasteiger partial charge on any atom is -0.497 e. The number of rotatable bonds is 8. The number of amides is 2. The van der Waals surface area contributed by atoms with Crippen molar-refractivity contribution < 1.29 is 22.7 Å². The number of benzene rings is 2. The molecule has 0 aliphatic carbocycles. The average molecular weight is 405 g/mol. The molecule has 2 aromatic carbocycles. The van der Waals surface area contributed by atoms with Crippen LogP contribution in [-0.4, -0.2) is 39.9 Å². The second kappa shape index (κ2) is 9.23. The van der Waals surface area contributed by atoms with E-state index in [1.807, 2.05) is 13.8 Å². The van der Waals surface area contributed by atoms with Crippen LogP contribution in [0.2, 0.25) is 0 Å². The van der Waals surface area contributed by atoms with Gasteiger partial charge in [-0.1, -0.05) is 0 Å². The number of anilines is 1. The van der Waals surface area contributed by atoms with Gasteiger partial charge in [-0.05, 0) is 62.4 Å². The maximum absolute atomic E-state index is 12.5. The molecule has 0 saturated heterocycles. The SMILES string of the molecule is COc1ccc(NS(=O)(=O)c2ccc(C(=O)NCC(=O)NC(C)C)cc2)cc1. The molecule has 0 bridgehead atoms. The van der Waals surface area contributed by atoms with Crippen LogP contribution in [0.15, 0.2) is 53.4 Å². The number of hydrogen-bond acceptors (Lipinski definition) is 5. The third-order valence-electron chi connectivity index (χ3n) is 3.63. The summed E-state index contributed by atoms with van der Waals surface area (Å²) in [5, 5.41) is 5.14. The van der Waals surface area contributed by atoms with Gasteiger partial charge in [-0.3, -0.25) is 14.3 Å². The Balaban J connectivity index is 2.01. The summed E-state index contributed by atoms with van der Waals surface area (Å²) >= 11 is 0. The first-order valence-electron chi connectivity index (χ1n) is 8.56. The van der Waals surface area contributed by atoms with Crippen molar-refractivity contribution in [2.24, 2.45) is 0 Å². The molecule has 0 fully saturated rings. The summed E-state index contributed by atoms with van der Waals surface area (Å²) < 4.78 is 32.4. The predicted octanol–water partition coefficient (Wildman–Crippen LogP) is 1.75. The van der Waals surface area contributed by atoms with Crippen LogP contribution >= 0.6 is 0 Å². The van der Waals surface area contributed by atoms with Crippen LogP contribution in [0.1, 0.15) is 24.2 Å². The summed E-state index contributed by atoms with van der Waals surface area (Å²) in [5.74, 6) is -0.155. The van der Waals surface area contributed by atoms with Gasteiger partial charge in [0.05, 0.1) is 18.6 Å². The van der Waals surface area contributed by atoms with E-state index in [0.717, 1.165) is 0 Å². The van der Waals surface area contributed by atoms with Gasteiger partial charge in [0.1, 0.15) is 5.75 Å². The highest BCUT2D eigenvalue weighted by molar-refractivity contribution is 7.92. The highest BCUT2D eigenvalue weighted by Crippen LogP contribution is 2.19. The Hall–Kier alpha value is -3.07. The zero-order valence-electron chi connectivity index (χ0n) is 15.9. The lowest BCUT2D eigenvalue weighted by Gasteiger charge is -2.10. The number of carbonyl (C=O) groups excluding carboxylic acids is 2. The van der Waals surface area contributed by atoms with Crippen LogP contribution in [0.25, 0.3) is 0 Å². The molecule has 9 heteroatoms. The van der Waals surface area contributed by atoms with E-state index < -0.39 is 15.9 Å². The van der Waals surface area contributed by atoms with Gasteiger partial charge in [0.15, 0.2) is 0 Å². The summed E-state index contributed by atoms with van der Waals surface area (Å²) in [6, 6.07) is 11.9. The van der Waals surface area contributed by atoms with Crippen LogP contribution in [0.5, 0.6) is 5.75 Å². The number of nitrogens with one attached hydrogen (secondary N) is 3. The molecule has 0 spiro atoms. The fourth-order valence-corrected chi connectivity index (χ4v) is 3.35. The van der Waals surface area contributed by atoms with Gasteiger partial charge in [0.25, 0.3) is 15.9 Å². The molecule has 2 amide bonds. The van der Waals surface area contributed by atoms with Crippen molar-refractivity contribution in [3.8, 4) is 5.75 Å². The molecule has 2 rings (SSSR count). The molecule has 0 saturated carbocycles. The van der Waals surface area contributed by atoms with Crippen LogP contribution in [-0.2, 0) is 14.8 Å². The smallest absolute Gasteiger partial charge is 0.261 e. The Morgan fingerprint density at radius 1 is 1.00 bits per heavy atom. The van der Waals surface area contributed by atoms with E-state index >= 15 is 0 Å². The maximum Gasteiger partial charge on any atom is 0.261 e. The Morgan fingerprint density at radius 2 is 1.61 bits per heavy atom. The first-order valence-corrected chi connectivity index (χ1v) is 10.0. The molecule has 8 nitrogen and oxygen atoms in total. The van der Waals surface area contributed by atoms with Crippen molar-refractivity contribution >= 4 is 27.5 Å². The van der Waals surface area contributed by atoms with E-state index in [2.05, 4.69) is 15.4 Å². The zero-order chi connectivity index (χ0) is 20.7. The molecule has 3 N–H and O–H groups in total. The van der Waals surface area contributed by atoms with Crippen LogP contribution in [0.4, 0.5) is 5.69 Å². The van der Waals surface area contributed by atoms with E-state index in [1.54, 1.807) is 24.3 Å². The summed E-state index contributed by atoms with van der Waals surface area (Å²) in [5.41, 5.74) is 0.638. The molecular weight excluding hydrogens is 382 g/mol. The van der Waals surface area contributed by atoms with Gasteiger partial charge >= 0.3 is 0 Å². The van der Waals surface area contributed by atoms with Crippen LogP contribution in [0, 0.1) is 0 Å². The predicted molar refractivity (Wildman–Crippen MR) is 106 cm³/mol. The number of ether oxygens (including phenoxy) is 1. The number of methoxy groups -OCH3 is 1. The molecule has 0 aromatic heterocycles. The van der Waals surface area contributed by atoms with Crippen molar-refractivity contribution in [1.29, 1.82) is 0 Å². The average Bonchev–Trinajstić information content (AvgIpc) is 2.66. The molecule has 150 valence electrons. The number of carbonyl (C=O) groups is 2. The van der Waals surface area contributed by atoms with Crippen LogP contribution in [0.3, 0.4) is 0 Å². The fourth-order valence-electron chi connectivity index (χ4n) is 2.29. The van der Waals surface area contributed by atoms with Gasteiger partial charge in [0, 0.05) is 17.3 Å². The number of hydrogen-bond donors (Lipinski definition) is 3. The van der Waals surface area contributed by atoms with E-state index in [0.29, 0.717) is 11.4 Å². The molecule has 0 heterocycles. The van der Waals surface area contributed by atoms with E-state index in [9.17, 15) is 18.0 Å². The van der Waals surface area contributed by atoms with Crippen molar-refractivity contribution in [1.82, 2.24) is 10.6 Å². The zero-order valence-corrected chi connectivity index (χ0v) is 16.7. The fraction of sp³-hybridized carbons (Fsp3) is 0.263. The largest absolute Gasteiger partial charge is 0.497 e. The standard InChI is InChI=1S/C19H23N3O5S/c1-13(2)21-18(23)12-20-19(24)14-4-10-17(11-5-14)28(25,26)22-15-6-8-16(27-3)9-7-15/h4-11,13,22H,12H2,1-3H3,(H,20,24)(H,21,23). The maximum atomic E-state index is 12.5. The van der Waals surface area contributed by atoms with Crippen LogP contribution < -0.4 is 20.1 Å². The lowest BCUT2D eigenvalue weighted by atomic mass is 10.2. The van der Waals surface area contributed by atoms with Crippen molar-refractivity contribution in [3.05, 3.63) is 54.1 Å². The lowest BCUT2D eigenvalue weighted by Crippen LogP contribution is -2.39. The van der Waals surface area contributed by atoms with E-state index in [1.165, 1.54) is 31.4 Å². The van der Waals surface area contributed by atoms with Crippen molar-refractivity contribution in [2.45, 2.75) is 24.8 Å². The Bertz CT molecular complexity index is 923. The van der Waals surface area contributed by atoms with Crippen molar-refractivity contribution in [2.75, 3.05) is 18.4 Å². The number of sulfonamides is 1. The first kappa shape index (κ1) is 21.2. The van der Waals surface area contributed by atoms with Gasteiger partial charge < -0.3 is 15.4 Å². The van der Waals surface area contributed by atoms with Gasteiger partial charge in [-0.15, -0.1) is 0 Å². The highest BCUT2D eigenvalue weighted by atomic mass is 32.2. The summed E-state index contributed by atoms with van der Waals surface area (Å²) in [4.78, 5) is 23.7. The molecule has 0 unspecified atom stereocenters. The monoisotopic (exact) mass is 405 g/mol. The van der Waals surface area contributed by atoms with E-state index in [-0.39, 0.29) is 29.0 Å². The third-order valence-corrected chi connectivity index (χ3v) is 5.03. The first-order chi connectivity index (χ1) is 13.2. The Labute approximate surface area is 164 Å². The molecule has 28 heavy (non-hydrogen) atoms. The minimum absolute atomic E-state index is 0.0115. The second-order valence-corrected chi connectivity index (χ2v) is 7.95. The summed E-state index contributed by atoms with van der Waals surface area (Å²) in [6.07, 6.45) is 0. The normalized spacial score (nSPS) is 11.0. The summed E-state index contributed by atoms with van der Waals surface area (Å²) in [7, 11) is -2.28.